The number of hydrogen-bond acceptors (Lipinski definition) is 6. The molecule has 0 bridgehead atoms. The number of methoxy groups -OCH3 is 2. The van der Waals surface area contributed by atoms with Crippen LogP contribution in [0.1, 0.15) is 33.3 Å². The fourth-order valence-corrected chi connectivity index (χ4v) is 5.77. The smallest absolute Gasteiger partial charge is 0.264 e. The second-order valence-electron chi connectivity index (χ2n) is 10.6. The molecule has 0 spiro atoms. The van der Waals surface area contributed by atoms with Gasteiger partial charge in [0.1, 0.15) is 12.6 Å². The first kappa shape index (κ1) is 33.0. The van der Waals surface area contributed by atoms with Gasteiger partial charge >= 0.3 is 0 Å². The van der Waals surface area contributed by atoms with Gasteiger partial charge in [-0.25, -0.2) is 8.42 Å². The summed E-state index contributed by atoms with van der Waals surface area (Å²) in [5.74, 6) is -0.428. The Morgan fingerprint density at radius 2 is 1.43 bits per heavy atom. The summed E-state index contributed by atoms with van der Waals surface area (Å²) in [6, 6.07) is 16.2. The van der Waals surface area contributed by atoms with Crippen LogP contribution in [0.15, 0.2) is 71.6 Å². The van der Waals surface area contributed by atoms with Crippen molar-refractivity contribution in [2.45, 2.75) is 50.7 Å². The molecule has 226 valence electrons. The number of nitrogens with zero attached hydrogens (tertiary/aromatic N) is 2. The van der Waals surface area contributed by atoms with E-state index in [2.05, 4.69) is 5.32 Å². The molecule has 9 nitrogen and oxygen atoms in total. The van der Waals surface area contributed by atoms with Crippen LogP contribution in [0.5, 0.6) is 11.5 Å². The van der Waals surface area contributed by atoms with Crippen LogP contribution in [-0.4, -0.2) is 57.5 Å². The van der Waals surface area contributed by atoms with Gasteiger partial charge < -0.3 is 19.7 Å². The predicted octanol–water partition coefficient (Wildman–Crippen LogP) is 5.54. The van der Waals surface area contributed by atoms with Gasteiger partial charge in [0, 0.05) is 28.2 Å². The molecule has 0 aliphatic carbocycles. The first-order valence-corrected chi connectivity index (χ1v) is 15.2. The summed E-state index contributed by atoms with van der Waals surface area (Å²) in [5, 5.41) is 3.81. The van der Waals surface area contributed by atoms with Crippen LogP contribution in [0.4, 0.5) is 5.69 Å². The Morgan fingerprint density at radius 3 is 1.95 bits per heavy atom. The molecule has 0 saturated carbocycles. The molecule has 0 saturated heterocycles. The average Bonchev–Trinajstić information content (AvgIpc) is 2.94. The number of sulfonamides is 1. The number of carbonyl (C=O) groups is 2. The lowest BCUT2D eigenvalue weighted by molar-refractivity contribution is -0.140. The van der Waals surface area contributed by atoms with Gasteiger partial charge in [-0.05, 0) is 81.8 Å². The molecule has 0 aliphatic rings. The van der Waals surface area contributed by atoms with Crippen LogP contribution in [-0.2, 0) is 26.2 Å². The summed E-state index contributed by atoms with van der Waals surface area (Å²) < 4.78 is 39.7. The van der Waals surface area contributed by atoms with Gasteiger partial charge in [-0.2, -0.15) is 0 Å². The highest BCUT2D eigenvalue weighted by Gasteiger charge is 2.33. The van der Waals surface area contributed by atoms with Gasteiger partial charge in [-0.3, -0.25) is 13.9 Å². The number of anilines is 1. The van der Waals surface area contributed by atoms with Crippen molar-refractivity contribution in [1.29, 1.82) is 0 Å². The normalized spacial score (nSPS) is 12.3. The molecule has 0 aliphatic heterocycles. The third-order valence-corrected chi connectivity index (χ3v) is 8.54. The zero-order valence-electron chi connectivity index (χ0n) is 24.4. The number of rotatable bonds is 11. The molecule has 0 fully saturated rings. The SMILES string of the molecule is COc1ccc(S(=O)(=O)N(CC(=O)N(Cc2ccc(Cl)cc2)[C@@H](C)C(=O)NC(C)(C)C)c2ccc(Cl)cc2)cc1OC. The highest BCUT2D eigenvalue weighted by Crippen LogP contribution is 2.32. The Hall–Kier alpha value is -3.47. The van der Waals surface area contributed by atoms with E-state index >= 15 is 0 Å². The third kappa shape index (κ3) is 8.30. The Labute approximate surface area is 257 Å². The molecule has 3 rings (SSSR count). The van der Waals surface area contributed by atoms with Gasteiger partial charge in [0.15, 0.2) is 11.5 Å². The number of amides is 2. The van der Waals surface area contributed by atoms with Gasteiger partial charge in [-0.1, -0.05) is 35.3 Å². The van der Waals surface area contributed by atoms with Crippen molar-refractivity contribution < 1.29 is 27.5 Å². The molecule has 0 aromatic heterocycles. The predicted molar refractivity (Wildman–Crippen MR) is 165 cm³/mol. The van der Waals surface area contributed by atoms with E-state index in [0.717, 1.165) is 4.31 Å². The molecule has 42 heavy (non-hydrogen) atoms. The quantitative estimate of drug-likeness (QED) is 0.297. The van der Waals surface area contributed by atoms with E-state index in [0.29, 0.717) is 21.4 Å². The largest absolute Gasteiger partial charge is 0.493 e. The standard InChI is InChI=1S/C30H35Cl2N3O6S/c1-20(29(37)33-30(2,3)4)34(18-21-7-9-22(31)10-8-21)28(36)19-35(24-13-11-23(32)12-14-24)42(38,39)25-15-16-26(40-5)27(17-25)41-6/h7-17,20H,18-19H2,1-6H3,(H,33,37)/t20-/m0/s1. The number of nitrogens with one attached hydrogen (secondary N) is 1. The van der Waals surface area contributed by atoms with E-state index in [-0.39, 0.29) is 28.8 Å². The summed E-state index contributed by atoms with van der Waals surface area (Å²) in [6.45, 7) is 6.55. The van der Waals surface area contributed by atoms with Crippen LogP contribution in [0, 0.1) is 0 Å². The van der Waals surface area contributed by atoms with E-state index in [1.54, 1.807) is 31.2 Å². The third-order valence-electron chi connectivity index (χ3n) is 6.27. The maximum atomic E-state index is 14.1. The fourth-order valence-electron chi connectivity index (χ4n) is 4.08. The van der Waals surface area contributed by atoms with Crippen LogP contribution >= 0.6 is 23.2 Å². The number of hydrogen-bond donors (Lipinski definition) is 1. The number of halogens is 2. The van der Waals surface area contributed by atoms with Crippen molar-refractivity contribution in [3.05, 3.63) is 82.3 Å². The monoisotopic (exact) mass is 635 g/mol. The van der Waals surface area contributed by atoms with Gasteiger partial charge in [-0.15, -0.1) is 0 Å². The van der Waals surface area contributed by atoms with Crippen molar-refractivity contribution in [2.75, 3.05) is 25.1 Å². The van der Waals surface area contributed by atoms with Crippen LogP contribution in [0.25, 0.3) is 0 Å². The second-order valence-corrected chi connectivity index (χ2v) is 13.3. The Bertz CT molecular complexity index is 1510. The minimum absolute atomic E-state index is 0.0413. The van der Waals surface area contributed by atoms with Crippen molar-refractivity contribution in [3.8, 4) is 11.5 Å². The molecular formula is C30H35Cl2N3O6S. The molecule has 0 unspecified atom stereocenters. The van der Waals surface area contributed by atoms with Crippen molar-refractivity contribution in [3.63, 3.8) is 0 Å². The van der Waals surface area contributed by atoms with Crippen LogP contribution in [0.2, 0.25) is 10.0 Å². The zero-order chi connectivity index (χ0) is 31.2. The van der Waals surface area contributed by atoms with E-state index in [1.165, 1.54) is 61.6 Å². The van der Waals surface area contributed by atoms with Crippen molar-refractivity contribution in [2.24, 2.45) is 0 Å². The number of carbonyl (C=O) groups excluding carboxylic acids is 2. The topological polar surface area (TPSA) is 105 Å². The Kier molecular flexibility index (Phi) is 10.8. The van der Waals surface area contributed by atoms with Gasteiger partial charge in [0.25, 0.3) is 10.0 Å². The zero-order valence-corrected chi connectivity index (χ0v) is 26.7. The van der Waals surface area contributed by atoms with Crippen molar-refractivity contribution >= 4 is 50.7 Å². The number of benzene rings is 3. The minimum atomic E-state index is -4.32. The van der Waals surface area contributed by atoms with E-state index in [4.69, 9.17) is 32.7 Å². The molecule has 3 aromatic rings. The summed E-state index contributed by atoms with van der Waals surface area (Å²) >= 11 is 12.1. The summed E-state index contributed by atoms with van der Waals surface area (Å²) in [5.41, 5.74) is 0.372. The van der Waals surface area contributed by atoms with Crippen LogP contribution < -0.4 is 19.1 Å². The van der Waals surface area contributed by atoms with E-state index in [1.807, 2.05) is 20.8 Å². The second kappa shape index (κ2) is 13.7. The summed E-state index contributed by atoms with van der Waals surface area (Å²) in [7, 11) is -1.48. The first-order chi connectivity index (χ1) is 19.7. The van der Waals surface area contributed by atoms with E-state index < -0.39 is 34.1 Å². The average molecular weight is 637 g/mol. The highest BCUT2D eigenvalue weighted by molar-refractivity contribution is 7.92. The molecule has 1 atom stereocenters. The molecule has 3 aromatic carbocycles. The first-order valence-electron chi connectivity index (χ1n) is 13.0. The molecular weight excluding hydrogens is 601 g/mol. The lowest BCUT2D eigenvalue weighted by Crippen LogP contribution is -2.54. The maximum absolute atomic E-state index is 14.1. The molecule has 0 heterocycles. The lowest BCUT2D eigenvalue weighted by Gasteiger charge is -2.33. The van der Waals surface area contributed by atoms with Gasteiger partial charge in [0.2, 0.25) is 11.8 Å². The molecule has 2 amide bonds. The summed E-state index contributed by atoms with van der Waals surface area (Å²) in [6.07, 6.45) is 0. The van der Waals surface area contributed by atoms with Crippen LogP contribution in [0.3, 0.4) is 0 Å². The van der Waals surface area contributed by atoms with E-state index in [9.17, 15) is 18.0 Å². The minimum Gasteiger partial charge on any atom is -0.493 e. The summed E-state index contributed by atoms with van der Waals surface area (Å²) in [4.78, 5) is 28.4. The molecule has 1 N–H and O–H groups in total. The molecule has 12 heteroatoms. The van der Waals surface area contributed by atoms with Gasteiger partial charge in [0.05, 0.1) is 24.8 Å². The Balaban J connectivity index is 2.07. The number of ether oxygens (including phenoxy) is 2. The van der Waals surface area contributed by atoms with Crippen molar-refractivity contribution in [1.82, 2.24) is 10.2 Å². The Morgan fingerprint density at radius 1 is 0.881 bits per heavy atom. The fraction of sp³-hybridized carbons (Fsp3) is 0.333. The highest BCUT2D eigenvalue weighted by atomic mass is 35.5. The maximum Gasteiger partial charge on any atom is 0.264 e. The molecule has 0 radical (unpaired) electrons. The lowest BCUT2D eigenvalue weighted by atomic mass is 10.1.